The molecular weight excluding hydrogens is 365 g/mol. The fraction of sp³-hybridized carbons (Fsp3) is 0.167. The van der Waals surface area contributed by atoms with Crippen molar-refractivity contribution in [3.8, 4) is 0 Å². The van der Waals surface area contributed by atoms with Crippen molar-refractivity contribution in [1.82, 2.24) is 0 Å². The maximum Gasteiger partial charge on any atom is 0.338 e. The van der Waals surface area contributed by atoms with Gasteiger partial charge in [-0.15, -0.1) is 0 Å². The molecule has 0 N–H and O–H groups in total. The van der Waals surface area contributed by atoms with E-state index in [9.17, 15) is 14.4 Å². The first-order valence-corrected chi connectivity index (χ1v) is 8.28. The molecule has 0 spiro atoms. The molecule has 25 heavy (non-hydrogen) atoms. The number of hydrogen-bond acceptors (Lipinski definition) is 4. The summed E-state index contributed by atoms with van der Waals surface area (Å²) in [6.45, 7) is 0.0136. The van der Waals surface area contributed by atoms with E-state index in [0.29, 0.717) is 26.9 Å². The van der Waals surface area contributed by atoms with Crippen molar-refractivity contribution in [1.29, 1.82) is 0 Å². The highest BCUT2D eigenvalue weighted by atomic mass is 35.5. The van der Waals surface area contributed by atoms with E-state index in [4.69, 9.17) is 27.9 Å². The van der Waals surface area contributed by atoms with Gasteiger partial charge >= 0.3 is 5.97 Å². The first-order valence-electron chi connectivity index (χ1n) is 7.52. The summed E-state index contributed by atoms with van der Waals surface area (Å²) in [6.07, 6.45) is 0.426. The predicted octanol–water partition coefficient (Wildman–Crippen LogP) is 4.00. The summed E-state index contributed by atoms with van der Waals surface area (Å²) < 4.78 is 5.23. The third-order valence-electron chi connectivity index (χ3n) is 3.79. The summed E-state index contributed by atoms with van der Waals surface area (Å²) in [5.41, 5.74) is 1.40. The van der Waals surface area contributed by atoms with E-state index in [1.807, 2.05) is 0 Å². The largest absolute Gasteiger partial charge is 0.457 e. The van der Waals surface area contributed by atoms with Crippen LogP contribution in [0.1, 0.15) is 28.8 Å². The average molecular weight is 378 g/mol. The van der Waals surface area contributed by atoms with E-state index in [-0.39, 0.29) is 31.3 Å². The van der Waals surface area contributed by atoms with Crippen LogP contribution in [-0.2, 0) is 20.9 Å². The van der Waals surface area contributed by atoms with Gasteiger partial charge in [-0.1, -0.05) is 29.3 Å². The van der Waals surface area contributed by atoms with E-state index < -0.39 is 5.97 Å². The van der Waals surface area contributed by atoms with Crippen molar-refractivity contribution in [2.24, 2.45) is 0 Å². The van der Waals surface area contributed by atoms with Gasteiger partial charge in [-0.05, 0) is 36.4 Å². The highest BCUT2D eigenvalue weighted by Gasteiger charge is 2.30. The summed E-state index contributed by atoms with van der Waals surface area (Å²) in [6, 6.07) is 11.0. The Hall–Kier alpha value is -2.37. The number of rotatable bonds is 4. The first kappa shape index (κ1) is 17.5. The maximum absolute atomic E-state index is 12.1. The van der Waals surface area contributed by atoms with Crippen molar-refractivity contribution in [3.63, 3.8) is 0 Å². The van der Waals surface area contributed by atoms with Crippen LogP contribution in [0.4, 0.5) is 5.69 Å². The number of ether oxygens (including phenoxy) is 1. The third-order valence-corrected chi connectivity index (χ3v) is 4.37. The molecule has 0 atom stereocenters. The highest BCUT2D eigenvalue weighted by molar-refractivity contribution is 6.35. The zero-order chi connectivity index (χ0) is 18.0. The number of anilines is 1. The van der Waals surface area contributed by atoms with E-state index in [1.165, 1.54) is 12.1 Å². The van der Waals surface area contributed by atoms with Crippen molar-refractivity contribution >= 4 is 46.7 Å². The molecule has 5 nitrogen and oxygen atoms in total. The van der Waals surface area contributed by atoms with Crippen LogP contribution in [0.15, 0.2) is 42.5 Å². The second-order valence-electron chi connectivity index (χ2n) is 5.48. The van der Waals surface area contributed by atoms with Crippen LogP contribution < -0.4 is 4.90 Å². The zero-order valence-electron chi connectivity index (χ0n) is 13.0. The van der Waals surface area contributed by atoms with E-state index >= 15 is 0 Å². The number of imide groups is 1. The molecule has 2 amide bonds. The lowest BCUT2D eigenvalue weighted by atomic mass is 10.2. The van der Waals surface area contributed by atoms with Crippen LogP contribution in [0.2, 0.25) is 10.0 Å². The molecule has 0 unspecified atom stereocenters. The predicted molar refractivity (Wildman–Crippen MR) is 93.8 cm³/mol. The average Bonchev–Trinajstić information content (AvgIpc) is 2.92. The summed E-state index contributed by atoms with van der Waals surface area (Å²) in [7, 11) is 0. The number of amides is 2. The Morgan fingerprint density at radius 1 is 1.00 bits per heavy atom. The molecule has 1 fully saturated rings. The van der Waals surface area contributed by atoms with Crippen molar-refractivity contribution in [2.75, 3.05) is 4.90 Å². The van der Waals surface area contributed by atoms with E-state index in [0.717, 1.165) is 4.90 Å². The quantitative estimate of drug-likeness (QED) is 0.596. The monoisotopic (exact) mass is 377 g/mol. The SMILES string of the molecule is O=C(OCc1ccc(Cl)cc1Cl)c1ccc(N2C(=O)CCC2=O)cc1. The van der Waals surface area contributed by atoms with Gasteiger partial charge in [0.1, 0.15) is 6.61 Å². The van der Waals surface area contributed by atoms with Crippen LogP contribution in [0, 0.1) is 0 Å². The second kappa shape index (κ2) is 7.25. The van der Waals surface area contributed by atoms with Crippen LogP contribution >= 0.6 is 23.2 Å². The number of carbonyl (C=O) groups excluding carboxylic acids is 3. The fourth-order valence-electron chi connectivity index (χ4n) is 2.48. The summed E-state index contributed by atoms with van der Waals surface area (Å²) >= 11 is 11.9. The first-order chi connectivity index (χ1) is 12.0. The number of esters is 1. The Kier molecular flexibility index (Phi) is 5.06. The molecule has 1 aliphatic heterocycles. The second-order valence-corrected chi connectivity index (χ2v) is 6.33. The Bertz CT molecular complexity index is 833. The molecular formula is C18H13Cl2NO4. The normalized spacial score (nSPS) is 14.1. The Morgan fingerprint density at radius 3 is 2.24 bits per heavy atom. The molecule has 2 aromatic carbocycles. The van der Waals surface area contributed by atoms with Gasteiger partial charge in [0.2, 0.25) is 11.8 Å². The van der Waals surface area contributed by atoms with Gasteiger partial charge in [0.25, 0.3) is 0 Å². The van der Waals surface area contributed by atoms with E-state index in [2.05, 4.69) is 0 Å². The van der Waals surface area contributed by atoms with Gasteiger partial charge < -0.3 is 4.74 Å². The molecule has 3 rings (SSSR count). The molecule has 0 radical (unpaired) electrons. The Labute approximate surface area is 154 Å². The van der Waals surface area contributed by atoms with Gasteiger partial charge in [0.15, 0.2) is 0 Å². The van der Waals surface area contributed by atoms with Gasteiger partial charge in [0.05, 0.1) is 11.3 Å². The lowest BCUT2D eigenvalue weighted by Gasteiger charge is -2.14. The fourth-order valence-corrected chi connectivity index (χ4v) is 2.94. The third kappa shape index (κ3) is 3.83. The van der Waals surface area contributed by atoms with Crippen molar-refractivity contribution in [3.05, 3.63) is 63.6 Å². The molecule has 7 heteroatoms. The van der Waals surface area contributed by atoms with Crippen LogP contribution in [-0.4, -0.2) is 17.8 Å². The smallest absolute Gasteiger partial charge is 0.338 e. The molecule has 1 saturated heterocycles. The minimum Gasteiger partial charge on any atom is -0.457 e. The number of hydrogen-bond donors (Lipinski definition) is 0. The molecule has 0 aromatic heterocycles. The molecule has 1 aliphatic rings. The number of nitrogens with zero attached hydrogens (tertiary/aromatic N) is 1. The number of benzene rings is 2. The Morgan fingerprint density at radius 2 is 1.64 bits per heavy atom. The van der Waals surface area contributed by atoms with Gasteiger partial charge in [-0.3, -0.25) is 14.5 Å². The van der Waals surface area contributed by atoms with Crippen molar-refractivity contribution < 1.29 is 19.1 Å². The van der Waals surface area contributed by atoms with Crippen molar-refractivity contribution in [2.45, 2.75) is 19.4 Å². The summed E-state index contributed by atoms with van der Waals surface area (Å²) in [5, 5.41) is 0.920. The lowest BCUT2D eigenvalue weighted by Crippen LogP contribution is -2.28. The molecule has 2 aromatic rings. The van der Waals surface area contributed by atoms with Crippen LogP contribution in [0.3, 0.4) is 0 Å². The van der Waals surface area contributed by atoms with Gasteiger partial charge in [0, 0.05) is 28.5 Å². The highest BCUT2D eigenvalue weighted by Crippen LogP contribution is 2.24. The van der Waals surface area contributed by atoms with Gasteiger partial charge in [-0.2, -0.15) is 0 Å². The zero-order valence-corrected chi connectivity index (χ0v) is 14.5. The summed E-state index contributed by atoms with van der Waals surface area (Å²) in [4.78, 5) is 36.7. The number of carbonyl (C=O) groups is 3. The van der Waals surface area contributed by atoms with Gasteiger partial charge in [-0.25, -0.2) is 4.79 Å². The summed E-state index contributed by atoms with van der Waals surface area (Å²) in [5.74, 6) is -1.01. The standard InChI is InChI=1S/C18H13Cl2NO4/c19-13-4-1-12(15(20)9-13)10-25-18(24)11-2-5-14(6-3-11)21-16(22)7-8-17(21)23/h1-6,9H,7-8,10H2. The number of halogens is 2. The topological polar surface area (TPSA) is 63.7 Å². The van der Waals surface area contributed by atoms with E-state index in [1.54, 1.807) is 30.3 Å². The molecule has 0 aliphatic carbocycles. The van der Waals surface area contributed by atoms with Crippen LogP contribution in [0.25, 0.3) is 0 Å². The molecule has 0 saturated carbocycles. The molecule has 128 valence electrons. The molecule has 1 heterocycles. The molecule has 0 bridgehead atoms. The minimum absolute atomic E-state index is 0.0136. The maximum atomic E-state index is 12.1. The van der Waals surface area contributed by atoms with Crippen LogP contribution in [0.5, 0.6) is 0 Å². The minimum atomic E-state index is -0.531. The lowest BCUT2D eigenvalue weighted by molar-refractivity contribution is -0.121. The Balaban J connectivity index is 1.66.